The molecule has 2 aromatic heterocycles. The first-order valence-electron chi connectivity index (χ1n) is 10.5. The van der Waals surface area contributed by atoms with Crippen LogP contribution in [0.25, 0.3) is 10.9 Å². The molecule has 3 N–H and O–H groups in total. The number of morpholine rings is 1. The molecule has 32 heavy (non-hydrogen) atoms. The molecule has 9 nitrogen and oxygen atoms in total. The average molecular weight is 433 g/mol. The Balaban J connectivity index is 1.65. The zero-order valence-corrected chi connectivity index (χ0v) is 17.7. The molecule has 2 amide bonds. The first-order chi connectivity index (χ1) is 15.5. The summed E-state index contributed by atoms with van der Waals surface area (Å²) in [6, 6.07) is 7.42. The summed E-state index contributed by atoms with van der Waals surface area (Å²) in [7, 11) is 0. The monoisotopic (exact) mass is 433 g/mol. The summed E-state index contributed by atoms with van der Waals surface area (Å²) in [5.74, 6) is 0.0268. The summed E-state index contributed by atoms with van der Waals surface area (Å²) in [6.45, 7) is 4.43. The summed E-state index contributed by atoms with van der Waals surface area (Å²) in [6.07, 6.45) is 2.21. The summed E-state index contributed by atoms with van der Waals surface area (Å²) in [5.41, 5.74) is 9.77. The number of ether oxygens (including phenoxy) is 2. The van der Waals surface area contributed by atoms with Crippen LogP contribution in [-0.2, 0) is 11.2 Å². The van der Waals surface area contributed by atoms with E-state index < -0.39 is 5.91 Å². The molecular formula is C23H23N5O4. The molecule has 0 spiro atoms. The normalized spacial score (nSPS) is 15.3. The number of nitrogens with zero attached hydrogens (tertiary/aromatic N) is 3. The molecular weight excluding hydrogens is 410 g/mol. The highest BCUT2D eigenvalue weighted by atomic mass is 16.5. The lowest BCUT2D eigenvalue weighted by molar-refractivity contribution is 0.0299. The van der Waals surface area contributed by atoms with Gasteiger partial charge < -0.3 is 25.4 Å². The van der Waals surface area contributed by atoms with E-state index >= 15 is 0 Å². The van der Waals surface area contributed by atoms with Crippen LogP contribution in [-0.4, -0.2) is 59.6 Å². The fourth-order valence-electron chi connectivity index (χ4n) is 4.19. The Hall–Kier alpha value is -3.72. The number of benzene rings is 1. The molecule has 1 fully saturated rings. The molecule has 0 saturated carbocycles. The number of aromatic nitrogens is 2. The van der Waals surface area contributed by atoms with Crippen molar-refractivity contribution in [3.8, 4) is 5.75 Å². The summed E-state index contributed by atoms with van der Waals surface area (Å²) in [4.78, 5) is 36.0. The fourth-order valence-corrected chi connectivity index (χ4v) is 4.19. The van der Waals surface area contributed by atoms with Crippen LogP contribution in [0.4, 0.5) is 11.4 Å². The van der Waals surface area contributed by atoms with Crippen LogP contribution < -0.4 is 15.8 Å². The van der Waals surface area contributed by atoms with Gasteiger partial charge in [0.05, 0.1) is 42.3 Å². The van der Waals surface area contributed by atoms with E-state index in [1.54, 1.807) is 17.9 Å². The van der Waals surface area contributed by atoms with Crippen LogP contribution in [0.2, 0.25) is 0 Å². The van der Waals surface area contributed by atoms with E-state index in [9.17, 15) is 9.59 Å². The van der Waals surface area contributed by atoms with Gasteiger partial charge in [-0.05, 0) is 25.1 Å². The second-order valence-corrected chi connectivity index (χ2v) is 7.81. The minimum Gasteiger partial charge on any atom is -0.493 e. The Morgan fingerprint density at radius 2 is 2.00 bits per heavy atom. The predicted molar refractivity (Wildman–Crippen MR) is 118 cm³/mol. The van der Waals surface area contributed by atoms with Gasteiger partial charge in [0.1, 0.15) is 11.4 Å². The van der Waals surface area contributed by atoms with Gasteiger partial charge in [-0.3, -0.25) is 14.6 Å². The van der Waals surface area contributed by atoms with Crippen molar-refractivity contribution in [3.63, 3.8) is 0 Å². The van der Waals surface area contributed by atoms with Gasteiger partial charge in [-0.25, -0.2) is 4.98 Å². The minimum atomic E-state index is -0.610. The lowest BCUT2D eigenvalue weighted by Gasteiger charge is -2.26. The third kappa shape index (κ3) is 3.50. The van der Waals surface area contributed by atoms with Crippen molar-refractivity contribution < 1.29 is 19.1 Å². The molecule has 5 rings (SSSR count). The molecule has 0 bridgehead atoms. The number of hydrogen-bond acceptors (Lipinski definition) is 7. The SMILES string of the molecule is Cc1nc(C(=O)N2CCOCC2)cc2c(Nc3cccc4c3CCO4)c(C(N)=O)cnc12. The number of nitrogens with two attached hydrogens (primary N) is 1. The van der Waals surface area contributed by atoms with E-state index in [0.717, 1.165) is 23.4 Å². The third-order valence-electron chi connectivity index (χ3n) is 5.81. The van der Waals surface area contributed by atoms with Gasteiger partial charge in [0.2, 0.25) is 0 Å². The van der Waals surface area contributed by atoms with Gasteiger partial charge in [-0.1, -0.05) is 6.07 Å². The van der Waals surface area contributed by atoms with Crippen LogP contribution in [0.5, 0.6) is 5.75 Å². The van der Waals surface area contributed by atoms with E-state index in [4.69, 9.17) is 15.2 Å². The number of anilines is 2. The standard InChI is InChI=1S/C23H23N5O4/c1-13-20-15(11-18(26-13)23(30)28-6-9-31-10-7-28)21(16(12-25-20)22(24)29)27-17-3-2-4-19-14(17)5-8-32-19/h2-4,11-12H,5-10H2,1H3,(H2,24,29)(H,25,27). The predicted octanol–water partition coefficient (Wildman–Crippen LogP) is 2.19. The third-order valence-corrected chi connectivity index (χ3v) is 5.81. The molecule has 1 aromatic carbocycles. The zero-order chi connectivity index (χ0) is 22.2. The number of carbonyl (C=O) groups excluding carboxylic acids is 2. The summed E-state index contributed by atoms with van der Waals surface area (Å²) in [5, 5.41) is 3.99. The van der Waals surface area contributed by atoms with Gasteiger partial charge in [0.25, 0.3) is 11.8 Å². The number of carbonyl (C=O) groups is 2. The van der Waals surface area contributed by atoms with E-state index in [0.29, 0.717) is 60.9 Å². The smallest absolute Gasteiger partial charge is 0.272 e. The van der Waals surface area contributed by atoms with Crippen molar-refractivity contribution in [1.29, 1.82) is 0 Å². The number of rotatable bonds is 4. The Labute approximate surface area is 184 Å². The van der Waals surface area contributed by atoms with Gasteiger partial charge in [0.15, 0.2) is 0 Å². The number of primary amides is 1. The van der Waals surface area contributed by atoms with Crippen molar-refractivity contribution in [2.24, 2.45) is 5.73 Å². The van der Waals surface area contributed by atoms with Crippen molar-refractivity contribution in [2.75, 3.05) is 38.2 Å². The van der Waals surface area contributed by atoms with Gasteiger partial charge in [0, 0.05) is 42.3 Å². The molecule has 2 aliphatic heterocycles. The van der Waals surface area contributed by atoms with Crippen LogP contribution >= 0.6 is 0 Å². The molecule has 0 radical (unpaired) electrons. The number of fused-ring (bicyclic) bond motifs is 2. The molecule has 1 saturated heterocycles. The highest BCUT2D eigenvalue weighted by molar-refractivity contribution is 6.09. The molecule has 4 heterocycles. The fraction of sp³-hybridized carbons (Fsp3) is 0.304. The molecule has 2 aliphatic rings. The Morgan fingerprint density at radius 3 is 2.78 bits per heavy atom. The Morgan fingerprint density at radius 1 is 1.19 bits per heavy atom. The first-order valence-corrected chi connectivity index (χ1v) is 10.5. The minimum absolute atomic E-state index is 0.178. The van der Waals surface area contributed by atoms with E-state index in [-0.39, 0.29) is 11.5 Å². The number of nitrogens with one attached hydrogen (secondary N) is 1. The molecule has 0 atom stereocenters. The van der Waals surface area contributed by atoms with Crippen LogP contribution in [0.15, 0.2) is 30.5 Å². The maximum absolute atomic E-state index is 13.1. The van der Waals surface area contributed by atoms with E-state index in [2.05, 4.69) is 15.3 Å². The zero-order valence-electron chi connectivity index (χ0n) is 17.7. The van der Waals surface area contributed by atoms with Gasteiger partial charge >= 0.3 is 0 Å². The lowest BCUT2D eigenvalue weighted by Crippen LogP contribution is -2.41. The highest BCUT2D eigenvalue weighted by Gasteiger charge is 2.24. The maximum atomic E-state index is 13.1. The van der Waals surface area contributed by atoms with Crippen LogP contribution in [0.3, 0.4) is 0 Å². The quantitative estimate of drug-likeness (QED) is 0.647. The van der Waals surface area contributed by atoms with Crippen molar-refractivity contribution in [1.82, 2.24) is 14.9 Å². The molecule has 3 aromatic rings. The second-order valence-electron chi connectivity index (χ2n) is 7.81. The maximum Gasteiger partial charge on any atom is 0.272 e. The second kappa shape index (κ2) is 8.08. The topological polar surface area (TPSA) is 120 Å². The van der Waals surface area contributed by atoms with Crippen LogP contribution in [0.1, 0.15) is 32.1 Å². The average Bonchev–Trinajstić information content (AvgIpc) is 3.29. The Bertz CT molecular complexity index is 1240. The summed E-state index contributed by atoms with van der Waals surface area (Å²) >= 11 is 0. The lowest BCUT2D eigenvalue weighted by atomic mass is 10.0. The molecule has 9 heteroatoms. The van der Waals surface area contributed by atoms with Gasteiger partial charge in [-0.15, -0.1) is 0 Å². The number of amides is 2. The van der Waals surface area contributed by atoms with Crippen LogP contribution in [0, 0.1) is 6.92 Å². The number of hydrogen-bond donors (Lipinski definition) is 2. The summed E-state index contributed by atoms with van der Waals surface area (Å²) < 4.78 is 11.0. The molecule has 0 unspecified atom stereocenters. The van der Waals surface area contributed by atoms with Crippen molar-refractivity contribution in [2.45, 2.75) is 13.3 Å². The largest absolute Gasteiger partial charge is 0.493 e. The van der Waals surface area contributed by atoms with E-state index in [1.165, 1.54) is 6.20 Å². The van der Waals surface area contributed by atoms with Crippen molar-refractivity contribution >= 4 is 34.1 Å². The van der Waals surface area contributed by atoms with Crippen molar-refractivity contribution in [3.05, 3.63) is 53.0 Å². The first kappa shape index (κ1) is 20.2. The van der Waals surface area contributed by atoms with Gasteiger partial charge in [-0.2, -0.15) is 0 Å². The number of aryl methyl sites for hydroxylation is 1. The Kier molecular flexibility index (Phi) is 5.10. The molecule has 164 valence electrons. The highest BCUT2D eigenvalue weighted by Crippen LogP contribution is 2.36. The van der Waals surface area contributed by atoms with E-state index in [1.807, 2.05) is 18.2 Å². The number of pyridine rings is 2. The molecule has 0 aliphatic carbocycles.